The lowest BCUT2D eigenvalue weighted by atomic mass is 10.2. The summed E-state index contributed by atoms with van der Waals surface area (Å²) < 4.78 is 51.8. The van der Waals surface area contributed by atoms with Gasteiger partial charge in [0.15, 0.2) is 5.69 Å². The van der Waals surface area contributed by atoms with Gasteiger partial charge in [-0.3, -0.25) is 0 Å². The second-order valence-electron chi connectivity index (χ2n) is 3.59. The van der Waals surface area contributed by atoms with Crippen LogP contribution in [0.4, 0.5) is 17.6 Å². The minimum atomic E-state index is -4.93. The first kappa shape index (κ1) is 13.1. The van der Waals surface area contributed by atoms with Crippen LogP contribution in [-0.4, -0.2) is 20.9 Å². The number of halogens is 4. The Hall–Kier alpha value is -2.38. The van der Waals surface area contributed by atoms with Crippen LogP contribution in [0, 0.1) is 5.82 Å². The second-order valence-corrected chi connectivity index (χ2v) is 3.59. The van der Waals surface area contributed by atoms with Crippen LogP contribution in [0.2, 0.25) is 0 Å². The fraction of sp³-hybridized carbons (Fsp3) is 0.0909. The van der Waals surface area contributed by atoms with Crippen LogP contribution in [0.1, 0.15) is 16.1 Å². The zero-order valence-electron chi connectivity index (χ0n) is 9.15. The highest BCUT2D eigenvalue weighted by Crippen LogP contribution is 2.31. The van der Waals surface area contributed by atoms with Gasteiger partial charge in [-0.15, -0.1) is 0 Å². The lowest BCUT2D eigenvalue weighted by Gasteiger charge is -2.03. The molecule has 0 fully saturated rings. The van der Waals surface area contributed by atoms with Crippen LogP contribution in [-0.2, 0) is 6.18 Å². The van der Waals surface area contributed by atoms with Crippen molar-refractivity contribution in [3.63, 3.8) is 0 Å². The molecule has 19 heavy (non-hydrogen) atoms. The zero-order valence-corrected chi connectivity index (χ0v) is 9.15. The number of carboxylic acid groups (broad SMARTS) is 1. The first-order valence-corrected chi connectivity index (χ1v) is 4.96. The molecule has 0 unspecified atom stereocenters. The Labute approximate surface area is 103 Å². The number of para-hydroxylation sites is 1. The van der Waals surface area contributed by atoms with Crippen molar-refractivity contribution in [1.82, 2.24) is 9.78 Å². The number of aromatic carboxylic acids is 1. The summed E-state index contributed by atoms with van der Waals surface area (Å²) in [7, 11) is 0. The summed E-state index contributed by atoms with van der Waals surface area (Å²) in [6.07, 6.45) is -4.30. The van der Waals surface area contributed by atoms with E-state index >= 15 is 0 Å². The highest BCUT2D eigenvalue weighted by atomic mass is 19.4. The Bertz CT molecular complexity index is 634. The van der Waals surface area contributed by atoms with Crippen LogP contribution in [0.3, 0.4) is 0 Å². The van der Waals surface area contributed by atoms with Gasteiger partial charge in [0.05, 0.1) is 0 Å². The molecule has 1 aromatic carbocycles. The van der Waals surface area contributed by atoms with Crippen molar-refractivity contribution < 1.29 is 27.5 Å². The highest BCUT2D eigenvalue weighted by Gasteiger charge is 2.39. The van der Waals surface area contributed by atoms with E-state index in [1.54, 1.807) is 0 Å². The van der Waals surface area contributed by atoms with Gasteiger partial charge < -0.3 is 5.11 Å². The van der Waals surface area contributed by atoms with E-state index in [1.807, 2.05) is 0 Å². The van der Waals surface area contributed by atoms with E-state index in [0.29, 0.717) is 10.9 Å². The topological polar surface area (TPSA) is 55.1 Å². The maximum absolute atomic E-state index is 13.4. The maximum Gasteiger partial charge on any atom is 0.436 e. The van der Waals surface area contributed by atoms with Gasteiger partial charge in [0.2, 0.25) is 0 Å². The summed E-state index contributed by atoms with van der Waals surface area (Å²) in [4.78, 5) is 10.8. The molecule has 100 valence electrons. The van der Waals surface area contributed by atoms with Crippen molar-refractivity contribution in [2.24, 2.45) is 0 Å². The Balaban J connectivity index is 2.62. The number of benzene rings is 1. The van der Waals surface area contributed by atoms with E-state index in [2.05, 4.69) is 5.10 Å². The summed E-state index contributed by atoms with van der Waals surface area (Å²) in [5, 5.41) is 11.8. The van der Waals surface area contributed by atoms with Crippen molar-refractivity contribution in [3.8, 4) is 5.69 Å². The van der Waals surface area contributed by atoms with Gasteiger partial charge in [-0.05, 0) is 12.1 Å². The number of alkyl halides is 3. The lowest BCUT2D eigenvalue weighted by molar-refractivity contribution is -0.141. The Kier molecular flexibility index (Phi) is 3.01. The molecule has 0 atom stereocenters. The van der Waals surface area contributed by atoms with Gasteiger partial charge in [-0.1, -0.05) is 12.1 Å². The summed E-state index contributed by atoms with van der Waals surface area (Å²) in [6, 6.07) is 4.97. The highest BCUT2D eigenvalue weighted by molar-refractivity contribution is 5.89. The van der Waals surface area contributed by atoms with E-state index < -0.39 is 29.2 Å². The Morgan fingerprint density at radius 3 is 2.37 bits per heavy atom. The molecule has 0 aliphatic carbocycles. The van der Waals surface area contributed by atoms with Crippen LogP contribution in [0.25, 0.3) is 5.69 Å². The molecule has 0 amide bonds. The number of hydrogen-bond acceptors (Lipinski definition) is 2. The molecular weight excluding hydrogens is 268 g/mol. The molecule has 0 radical (unpaired) electrons. The smallest absolute Gasteiger partial charge is 0.436 e. The minimum Gasteiger partial charge on any atom is -0.478 e. The third-order valence-electron chi connectivity index (χ3n) is 2.31. The molecule has 0 saturated carbocycles. The molecule has 0 bridgehead atoms. The predicted octanol–water partition coefficient (Wildman–Crippen LogP) is 2.73. The number of carboxylic acids is 1. The van der Waals surface area contributed by atoms with Gasteiger partial charge in [0.1, 0.15) is 17.1 Å². The molecule has 0 aliphatic heterocycles. The Morgan fingerprint density at radius 1 is 1.26 bits per heavy atom. The van der Waals surface area contributed by atoms with E-state index in [9.17, 15) is 22.4 Å². The SMILES string of the molecule is O=C(O)c1cn(-c2ccccc2F)nc1C(F)(F)F. The van der Waals surface area contributed by atoms with Crippen molar-refractivity contribution >= 4 is 5.97 Å². The normalized spacial score (nSPS) is 11.6. The van der Waals surface area contributed by atoms with Crippen LogP contribution in [0.5, 0.6) is 0 Å². The number of rotatable bonds is 2. The molecule has 2 aromatic rings. The molecule has 1 N–H and O–H groups in total. The fourth-order valence-corrected chi connectivity index (χ4v) is 1.50. The van der Waals surface area contributed by atoms with Gasteiger partial charge in [-0.2, -0.15) is 18.3 Å². The van der Waals surface area contributed by atoms with Crippen LogP contribution >= 0.6 is 0 Å². The summed E-state index contributed by atoms with van der Waals surface area (Å²) in [5.41, 5.74) is -2.86. The van der Waals surface area contributed by atoms with Gasteiger partial charge in [-0.25, -0.2) is 13.9 Å². The maximum atomic E-state index is 13.4. The number of carbonyl (C=O) groups is 1. The lowest BCUT2D eigenvalue weighted by Crippen LogP contribution is -2.12. The molecule has 1 heterocycles. The number of aromatic nitrogens is 2. The quantitative estimate of drug-likeness (QED) is 0.857. The predicted molar refractivity (Wildman–Crippen MR) is 55.5 cm³/mol. The number of hydrogen-bond donors (Lipinski definition) is 1. The van der Waals surface area contributed by atoms with Crippen molar-refractivity contribution in [3.05, 3.63) is 47.5 Å². The van der Waals surface area contributed by atoms with Gasteiger partial charge >= 0.3 is 12.1 Å². The average Bonchev–Trinajstić information content (AvgIpc) is 2.74. The van der Waals surface area contributed by atoms with E-state index in [0.717, 1.165) is 6.07 Å². The first-order chi connectivity index (χ1) is 8.80. The molecule has 8 heteroatoms. The minimum absolute atomic E-state index is 0.263. The molecule has 0 spiro atoms. The standard InChI is InChI=1S/C11H6F4N2O2/c12-7-3-1-2-4-8(7)17-5-6(10(18)19)9(16-17)11(13,14)15/h1-5H,(H,18,19). The summed E-state index contributed by atoms with van der Waals surface area (Å²) >= 11 is 0. The van der Waals surface area contributed by atoms with E-state index in [1.165, 1.54) is 18.2 Å². The molecule has 1 aromatic heterocycles. The van der Waals surface area contributed by atoms with Crippen LogP contribution < -0.4 is 0 Å². The van der Waals surface area contributed by atoms with E-state index in [-0.39, 0.29) is 5.69 Å². The Morgan fingerprint density at radius 2 is 1.89 bits per heavy atom. The number of nitrogens with zero attached hydrogens (tertiary/aromatic N) is 2. The summed E-state index contributed by atoms with van der Waals surface area (Å²) in [6.45, 7) is 0. The molecule has 2 rings (SSSR count). The summed E-state index contributed by atoms with van der Waals surface area (Å²) in [5.74, 6) is -2.59. The fourth-order valence-electron chi connectivity index (χ4n) is 1.50. The molecule has 0 aliphatic rings. The molecule has 0 saturated heterocycles. The second kappa shape index (κ2) is 4.38. The zero-order chi connectivity index (χ0) is 14.2. The van der Waals surface area contributed by atoms with Crippen molar-refractivity contribution in [1.29, 1.82) is 0 Å². The van der Waals surface area contributed by atoms with Gasteiger partial charge in [0.25, 0.3) is 0 Å². The third kappa shape index (κ3) is 2.42. The van der Waals surface area contributed by atoms with Crippen molar-refractivity contribution in [2.45, 2.75) is 6.18 Å². The first-order valence-electron chi connectivity index (χ1n) is 4.96. The van der Waals surface area contributed by atoms with Crippen molar-refractivity contribution in [2.75, 3.05) is 0 Å². The largest absolute Gasteiger partial charge is 0.478 e. The third-order valence-corrected chi connectivity index (χ3v) is 2.31. The van der Waals surface area contributed by atoms with Crippen LogP contribution in [0.15, 0.2) is 30.5 Å². The van der Waals surface area contributed by atoms with E-state index in [4.69, 9.17) is 5.11 Å². The monoisotopic (exact) mass is 274 g/mol. The average molecular weight is 274 g/mol. The molecule has 4 nitrogen and oxygen atoms in total. The molecular formula is C11H6F4N2O2. The van der Waals surface area contributed by atoms with Gasteiger partial charge in [0, 0.05) is 6.20 Å².